The number of para-hydroxylation sites is 2. The van der Waals surface area contributed by atoms with Gasteiger partial charge >= 0.3 is 5.97 Å². The molecule has 3 heterocycles. The third kappa shape index (κ3) is 3.06. The lowest BCUT2D eigenvalue weighted by atomic mass is 10.0. The van der Waals surface area contributed by atoms with Crippen molar-refractivity contribution in [2.75, 3.05) is 31.1 Å². The summed E-state index contributed by atoms with van der Waals surface area (Å²) in [6.45, 7) is 6.34. The molecule has 0 saturated carbocycles. The van der Waals surface area contributed by atoms with Crippen LogP contribution in [0.15, 0.2) is 28.7 Å². The van der Waals surface area contributed by atoms with E-state index < -0.39 is 12.0 Å². The molecule has 0 radical (unpaired) electrons. The molecule has 0 spiro atoms. The average molecular weight is 369 g/mol. The summed E-state index contributed by atoms with van der Waals surface area (Å²) in [5.41, 5.74) is 4.05. The summed E-state index contributed by atoms with van der Waals surface area (Å²) in [4.78, 5) is 20.7. The van der Waals surface area contributed by atoms with Gasteiger partial charge in [0.2, 0.25) is 0 Å². The van der Waals surface area contributed by atoms with Crippen molar-refractivity contribution >= 4 is 23.1 Å². The molecule has 0 bridgehead atoms. The summed E-state index contributed by atoms with van der Waals surface area (Å²) in [5, 5.41) is 14.3. The predicted molar refractivity (Wildman–Crippen MR) is 101 cm³/mol. The molecule has 1 N–H and O–H groups in total. The van der Waals surface area contributed by atoms with Gasteiger partial charge in [0.15, 0.2) is 5.58 Å². The molecule has 2 aromatic heterocycles. The number of carbonyl (C=O) groups is 1. The van der Waals surface area contributed by atoms with Crippen molar-refractivity contribution in [1.29, 1.82) is 0 Å². The monoisotopic (exact) mass is 369 g/mol. The summed E-state index contributed by atoms with van der Waals surface area (Å²) in [7, 11) is 1.84. The van der Waals surface area contributed by atoms with Crippen LogP contribution in [0.5, 0.6) is 0 Å². The first kappa shape index (κ1) is 17.5. The van der Waals surface area contributed by atoms with Gasteiger partial charge in [0.05, 0.1) is 5.69 Å². The van der Waals surface area contributed by atoms with E-state index in [4.69, 9.17) is 4.42 Å². The first-order chi connectivity index (χ1) is 13.0. The Morgan fingerprint density at radius 3 is 2.48 bits per heavy atom. The molecule has 1 fully saturated rings. The number of hydrogen-bond acceptors (Lipinski definition) is 6. The topological polar surface area (TPSA) is 87.6 Å². The number of oxazole rings is 1. The molecule has 1 unspecified atom stereocenters. The Balaban J connectivity index is 1.54. The fourth-order valence-corrected chi connectivity index (χ4v) is 3.81. The fraction of sp³-hybridized carbons (Fsp3) is 0.421. The molecule has 8 nitrogen and oxygen atoms in total. The van der Waals surface area contributed by atoms with Crippen LogP contribution in [0.4, 0.5) is 6.01 Å². The van der Waals surface area contributed by atoms with Crippen LogP contribution in [-0.2, 0) is 11.8 Å². The zero-order valence-corrected chi connectivity index (χ0v) is 15.7. The number of hydrogen-bond donors (Lipinski definition) is 1. The molecule has 142 valence electrons. The third-order valence-electron chi connectivity index (χ3n) is 5.30. The number of aromatic nitrogens is 3. The van der Waals surface area contributed by atoms with Crippen LogP contribution >= 0.6 is 0 Å². The molecule has 0 aliphatic carbocycles. The summed E-state index contributed by atoms with van der Waals surface area (Å²) in [6.07, 6.45) is 0. The standard InChI is InChI=1S/C19H23N5O3/c1-12-16(13(2)22(3)21-12)17(18(25)26)23-8-10-24(11-9-23)19-20-14-6-4-5-7-15(14)27-19/h4-7,17H,8-11H2,1-3H3,(H,25,26). The van der Waals surface area contributed by atoms with Crippen LogP contribution in [0.3, 0.4) is 0 Å². The van der Waals surface area contributed by atoms with E-state index in [1.54, 1.807) is 4.68 Å². The normalized spacial score (nSPS) is 16.8. The van der Waals surface area contributed by atoms with Crippen molar-refractivity contribution in [2.24, 2.45) is 7.05 Å². The summed E-state index contributed by atoms with van der Waals surface area (Å²) >= 11 is 0. The number of nitrogens with zero attached hydrogens (tertiary/aromatic N) is 5. The Labute approximate surface area is 157 Å². The highest BCUT2D eigenvalue weighted by Crippen LogP contribution is 2.29. The summed E-state index contributed by atoms with van der Waals surface area (Å²) in [6, 6.07) is 7.58. The quantitative estimate of drug-likeness (QED) is 0.754. The molecule has 1 atom stereocenters. The number of rotatable bonds is 4. The maximum atomic E-state index is 12.1. The van der Waals surface area contributed by atoms with Gasteiger partial charge in [0, 0.05) is 44.5 Å². The number of carboxylic acids is 1. The van der Waals surface area contributed by atoms with Gasteiger partial charge < -0.3 is 14.4 Å². The number of aliphatic carboxylic acids is 1. The molecule has 1 aliphatic rings. The van der Waals surface area contributed by atoms with Gasteiger partial charge in [-0.15, -0.1) is 0 Å². The average Bonchev–Trinajstić information content (AvgIpc) is 3.18. The van der Waals surface area contributed by atoms with Crippen LogP contribution in [0, 0.1) is 13.8 Å². The number of aryl methyl sites for hydroxylation is 2. The zero-order valence-electron chi connectivity index (χ0n) is 15.7. The fourth-order valence-electron chi connectivity index (χ4n) is 3.81. The van der Waals surface area contributed by atoms with Gasteiger partial charge in [0.25, 0.3) is 6.01 Å². The van der Waals surface area contributed by atoms with Crippen molar-refractivity contribution in [3.05, 3.63) is 41.2 Å². The van der Waals surface area contributed by atoms with Crippen molar-refractivity contribution in [3.63, 3.8) is 0 Å². The highest BCUT2D eigenvalue weighted by molar-refractivity contribution is 5.76. The van der Waals surface area contributed by atoms with Gasteiger partial charge in [-0.1, -0.05) is 12.1 Å². The maximum absolute atomic E-state index is 12.1. The maximum Gasteiger partial charge on any atom is 0.325 e. The van der Waals surface area contributed by atoms with Crippen LogP contribution < -0.4 is 4.90 Å². The second-order valence-electron chi connectivity index (χ2n) is 6.94. The largest absolute Gasteiger partial charge is 0.480 e. The number of piperazine rings is 1. The minimum atomic E-state index is -0.843. The zero-order chi connectivity index (χ0) is 19.1. The predicted octanol–water partition coefficient (Wildman–Crippen LogP) is 2.13. The Bertz CT molecular complexity index is 952. The lowest BCUT2D eigenvalue weighted by molar-refractivity contribution is -0.143. The second-order valence-corrected chi connectivity index (χ2v) is 6.94. The van der Waals surface area contributed by atoms with Crippen LogP contribution in [0.2, 0.25) is 0 Å². The van der Waals surface area contributed by atoms with Gasteiger partial charge in [0.1, 0.15) is 11.6 Å². The number of anilines is 1. The Morgan fingerprint density at radius 1 is 1.19 bits per heavy atom. The number of fused-ring (bicyclic) bond motifs is 1. The van der Waals surface area contributed by atoms with E-state index in [1.165, 1.54) is 0 Å². The Kier molecular flexibility index (Phi) is 4.35. The number of benzene rings is 1. The lowest BCUT2D eigenvalue weighted by Gasteiger charge is -2.37. The minimum Gasteiger partial charge on any atom is -0.480 e. The Morgan fingerprint density at radius 2 is 1.89 bits per heavy atom. The van der Waals surface area contributed by atoms with Crippen LogP contribution in [0.25, 0.3) is 11.1 Å². The van der Waals surface area contributed by atoms with E-state index in [0.717, 1.165) is 28.1 Å². The molecular formula is C19H23N5O3. The molecule has 1 aromatic carbocycles. The van der Waals surface area contributed by atoms with Crippen molar-refractivity contribution < 1.29 is 14.3 Å². The molecule has 8 heteroatoms. The van der Waals surface area contributed by atoms with Gasteiger partial charge in [-0.3, -0.25) is 14.4 Å². The first-order valence-electron chi connectivity index (χ1n) is 9.03. The van der Waals surface area contributed by atoms with Crippen LogP contribution in [-0.4, -0.2) is 56.9 Å². The second kappa shape index (κ2) is 6.70. The van der Waals surface area contributed by atoms with E-state index in [9.17, 15) is 9.90 Å². The van der Waals surface area contributed by atoms with E-state index in [1.807, 2.05) is 50.1 Å². The minimum absolute atomic E-state index is 0.594. The summed E-state index contributed by atoms with van der Waals surface area (Å²) in [5.74, 6) is -0.843. The van der Waals surface area contributed by atoms with E-state index in [-0.39, 0.29) is 0 Å². The van der Waals surface area contributed by atoms with E-state index in [2.05, 4.69) is 15.0 Å². The van der Waals surface area contributed by atoms with E-state index >= 15 is 0 Å². The van der Waals surface area contributed by atoms with E-state index in [0.29, 0.717) is 32.2 Å². The smallest absolute Gasteiger partial charge is 0.325 e. The lowest BCUT2D eigenvalue weighted by Crippen LogP contribution is -2.49. The van der Waals surface area contributed by atoms with Crippen molar-refractivity contribution in [1.82, 2.24) is 19.7 Å². The van der Waals surface area contributed by atoms with Gasteiger partial charge in [-0.25, -0.2) is 0 Å². The highest BCUT2D eigenvalue weighted by Gasteiger charge is 2.34. The van der Waals surface area contributed by atoms with Crippen LogP contribution in [0.1, 0.15) is 23.0 Å². The SMILES string of the molecule is Cc1nn(C)c(C)c1C(C(=O)O)N1CCN(c2nc3ccccc3o2)CC1. The molecule has 0 amide bonds. The van der Waals surface area contributed by atoms with Crippen molar-refractivity contribution in [3.8, 4) is 0 Å². The molecule has 1 saturated heterocycles. The van der Waals surface area contributed by atoms with Gasteiger partial charge in [-0.05, 0) is 26.0 Å². The Hall–Kier alpha value is -2.87. The van der Waals surface area contributed by atoms with Gasteiger partial charge in [-0.2, -0.15) is 10.1 Å². The summed E-state index contributed by atoms with van der Waals surface area (Å²) < 4.78 is 7.59. The molecule has 27 heavy (non-hydrogen) atoms. The first-order valence-corrected chi connectivity index (χ1v) is 9.03. The van der Waals surface area contributed by atoms with Crippen molar-refractivity contribution in [2.45, 2.75) is 19.9 Å². The molecular weight excluding hydrogens is 346 g/mol. The highest BCUT2D eigenvalue weighted by atomic mass is 16.4. The molecule has 1 aliphatic heterocycles. The molecule has 4 rings (SSSR count). The molecule has 3 aromatic rings. The number of carboxylic acid groups (broad SMARTS) is 1. The third-order valence-corrected chi connectivity index (χ3v) is 5.30.